The van der Waals surface area contributed by atoms with E-state index in [2.05, 4.69) is 17.1 Å². The maximum Gasteiger partial charge on any atom is 0.0309 e. The van der Waals surface area contributed by atoms with Crippen LogP contribution in [-0.2, 0) is 0 Å². The quantitative estimate of drug-likeness (QED) is 0.771. The van der Waals surface area contributed by atoms with Gasteiger partial charge in [0.1, 0.15) is 0 Å². The highest BCUT2D eigenvalue weighted by atomic mass is 35.5. The minimum Gasteiger partial charge on any atom is -0.309 e. The van der Waals surface area contributed by atoms with E-state index in [9.17, 15) is 0 Å². The molecule has 2 rings (SSSR count). The van der Waals surface area contributed by atoms with Crippen molar-refractivity contribution in [1.82, 2.24) is 10.2 Å². The number of nitrogens with one attached hydrogen (secondary N) is 1. The van der Waals surface area contributed by atoms with Gasteiger partial charge in [0.15, 0.2) is 0 Å². The molecule has 1 atom stereocenters. The molecule has 80 valence electrons. The molecule has 3 heteroatoms. The largest absolute Gasteiger partial charge is 0.309 e. The van der Waals surface area contributed by atoms with E-state index in [0.29, 0.717) is 5.54 Å². The normalized spacial score (nSPS) is 35.3. The minimum atomic E-state index is 0.360. The first kappa shape index (κ1) is 10.5. The Morgan fingerprint density at radius 2 is 2.36 bits per heavy atom. The molecule has 2 nitrogen and oxygen atoms in total. The maximum atomic E-state index is 5.54. The zero-order valence-electron chi connectivity index (χ0n) is 8.80. The van der Waals surface area contributed by atoms with E-state index in [1.165, 1.54) is 19.4 Å². The molecule has 1 N–H and O–H groups in total. The summed E-state index contributed by atoms with van der Waals surface area (Å²) in [6.07, 6.45) is 4.84. The molecule has 0 aromatic heterocycles. The van der Waals surface area contributed by atoms with Crippen molar-refractivity contribution in [2.75, 3.05) is 26.2 Å². The molecule has 0 bridgehead atoms. The Morgan fingerprint density at radius 1 is 1.57 bits per heavy atom. The fourth-order valence-electron chi connectivity index (χ4n) is 2.44. The van der Waals surface area contributed by atoms with Crippen molar-refractivity contribution in [3.8, 4) is 0 Å². The molecule has 0 amide bonds. The van der Waals surface area contributed by atoms with Gasteiger partial charge in [0.25, 0.3) is 0 Å². The minimum absolute atomic E-state index is 0.360. The third-order valence-electron chi connectivity index (χ3n) is 3.44. The molecular formula is C11H19ClN2. The predicted molar refractivity (Wildman–Crippen MR) is 60.6 cm³/mol. The van der Waals surface area contributed by atoms with Gasteiger partial charge in [0, 0.05) is 37.3 Å². The molecule has 1 aliphatic heterocycles. The third-order valence-corrected chi connectivity index (χ3v) is 3.62. The molecule has 0 aromatic rings. The van der Waals surface area contributed by atoms with Crippen molar-refractivity contribution in [1.29, 1.82) is 0 Å². The van der Waals surface area contributed by atoms with Gasteiger partial charge < -0.3 is 5.32 Å². The second-order valence-corrected chi connectivity index (χ2v) is 4.97. The number of piperazine rings is 1. The number of halogens is 1. The lowest BCUT2D eigenvalue weighted by molar-refractivity contribution is 0.138. The molecule has 1 saturated carbocycles. The summed E-state index contributed by atoms with van der Waals surface area (Å²) in [4.78, 5) is 2.48. The molecule has 1 aliphatic carbocycles. The lowest BCUT2D eigenvalue weighted by Gasteiger charge is -2.41. The van der Waals surface area contributed by atoms with E-state index in [1.54, 1.807) is 5.54 Å². The number of hydrogen-bond donors (Lipinski definition) is 1. The Balaban J connectivity index is 1.89. The topological polar surface area (TPSA) is 15.3 Å². The molecule has 14 heavy (non-hydrogen) atoms. The molecular weight excluding hydrogens is 196 g/mol. The summed E-state index contributed by atoms with van der Waals surface area (Å²) in [6.45, 7) is 6.78. The average Bonchev–Trinajstić information content (AvgIpc) is 2.98. The number of nitrogens with zero attached hydrogens (tertiary/aromatic N) is 1. The standard InChI is InChI=1S/C11H19ClN2/c1-11(10-3-4-10)9-14(7-2-5-12)8-6-13-11/h2,5,10,13H,3-4,6-9H2,1H3/b5-2+. The Kier molecular flexibility index (Phi) is 3.15. The summed E-state index contributed by atoms with van der Waals surface area (Å²) >= 11 is 5.54. The van der Waals surface area contributed by atoms with Crippen molar-refractivity contribution >= 4 is 11.6 Å². The SMILES string of the molecule is CC1(C2CC2)CN(C/C=C/Cl)CCN1. The van der Waals surface area contributed by atoms with E-state index >= 15 is 0 Å². The van der Waals surface area contributed by atoms with Gasteiger partial charge in [-0.15, -0.1) is 0 Å². The summed E-state index contributed by atoms with van der Waals surface area (Å²) in [5, 5.41) is 3.67. The third kappa shape index (κ3) is 2.30. The van der Waals surface area contributed by atoms with E-state index in [1.807, 2.05) is 6.08 Å². The van der Waals surface area contributed by atoms with E-state index < -0.39 is 0 Å². The first-order valence-corrected chi connectivity index (χ1v) is 5.91. The highest BCUT2D eigenvalue weighted by Gasteiger charge is 2.43. The second-order valence-electron chi connectivity index (χ2n) is 4.72. The molecule has 0 aromatic carbocycles. The van der Waals surface area contributed by atoms with Crippen LogP contribution in [0, 0.1) is 5.92 Å². The lowest BCUT2D eigenvalue weighted by atomic mass is 9.93. The molecule has 0 spiro atoms. The second kappa shape index (κ2) is 4.21. The Bertz CT molecular complexity index is 225. The van der Waals surface area contributed by atoms with Crippen molar-refractivity contribution in [3.05, 3.63) is 11.6 Å². The zero-order valence-corrected chi connectivity index (χ0v) is 9.56. The van der Waals surface area contributed by atoms with Crippen LogP contribution in [0.1, 0.15) is 19.8 Å². The van der Waals surface area contributed by atoms with E-state index in [4.69, 9.17) is 11.6 Å². The van der Waals surface area contributed by atoms with Crippen LogP contribution in [0.25, 0.3) is 0 Å². The summed E-state index contributed by atoms with van der Waals surface area (Å²) in [5.41, 5.74) is 1.98. The molecule has 1 unspecified atom stereocenters. The summed E-state index contributed by atoms with van der Waals surface area (Å²) in [6, 6.07) is 0. The van der Waals surface area contributed by atoms with Crippen molar-refractivity contribution in [2.45, 2.75) is 25.3 Å². The Labute approximate surface area is 91.3 Å². The highest BCUT2D eigenvalue weighted by molar-refractivity contribution is 6.25. The monoisotopic (exact) mass is 214 g/mol. The summed E-state index contributed by atoms with van der Waals surface area (Å²) < 4.78 is 0. The van der Waals surface area contributed by atoms with E-state index in [0.717, 1.165) is 25.6 Å². The van der Waals surface area contributed by atoms with Crippen LogP contribution in [-0.4, -0.2) is 36.6 Å². The van der Waals surface area contributed by atoms with Gasteiger partial charge in [-0.1, -0.05) is 17.7 Å². The van der Waals surface area contributed by atoms with Gasteiger partial charge in [0.05, 0.1) is 0 Å². The van der Waals surface area contributed by atoms with Crippen LogP contribution in [0.15, 0.2) is 11.6 Å². The smallest absolute Gasteiger partial charge is 0.0309 e. The zero-order chi connectivity index (χ0) is 10.0. The molecule has 1 saturated heterocycles. The van der Waals surface area contributed by atoms with Crippen LogP contribution in [0.4, 0.5) is 0 Å². The van der Waals surface area contributed by atoms with Crippen LogP contribution < -0.4 is 5.32 Å². The van der Waals surface area contributed by atoms with Crippen LogP contribution in [0.5, 0.6) is 0 Å². The lowest BCUT2D eigenvalue weighted by Crippen LogP contribution is -2.59. The maximum absolute atomic E-state index is 5.54. The molecule has 2 aliphatic rings. The van der Waals surface area contributed by atoms with Gasteiger partial charge in [0.2, 0.25) is 0 Å². The molecule has 1 heterocycles. The fourth-order valence-corrected chi connectivity index (χ4v) is 2.52. The average molecular weight is 215 g/mol. The van der Waals surface area contributed by atoms with Crippen LogP contribution in [0.3, 0.4) is 0 Å². The number of hydrogen-bond acceptors (Lipinski definition) is 2. The van der Waals surface area contributed by atoms with Gasteiger partial charge in [-0.05, 0) is 25.7 Å². The molecule has 2 fully saturated rings. The Hall–Kier alpha value is -0.0500. The Morgan fingerprint density at radius 3 is 3.00 bits per heavy atom. The first-order valence-electron chi connectivity index (χ1n) is 5.47. The van der Waals surface area contributed by atoms with Crippen LogP contribution in [0.2, 0.25) is 0 Å². The first-order chi connectivity index (χ1) is 6.74. The molecule has 0 radical (unpaired) electrons. The van der Waals surface area contributed by atoms with Crippen molar-refractivity contribution < 1.29 is 0 Å². The van der Waals surface area contributed by atoms with Gasteiger partial charge >= 0.3 is 0 Å². The van der Waals surface area contributed by atoms with Crippen LogP contribution >= 0.6 is 11.6 Å². The van der Waals surface area contributed by atoms with Gasteiger partial charge in [-0.25, -0.2) is 0 Å². The van der Waals surface area contributed by atoms with E-state index in [-0.39, 0.29) is 0 Å². The van der Waals surface area contributed by atoms with Gasteiger partial charge in [-0.2, -0.15) is 0 Å². The van der Waals surface area contributed by atoms with Gasteiger partial charge in [-0.3, -0.25) is 4.90 Å². The fraction of sp³-hybridized carbons (Fsp3) is 0.818. The van der Waals surface area contributed by atoms with Crippen molar-refractivity contribution in [3.63, 3.8) is 0 Å². The highest BCUT2D eigenvalue weighted by Crippen LogP contribution is 2.40. The summed E-state index contributed by atoms with van der Waals surface area (Å²) in [5.74, 6) is 0.908. The summed E-state index contributed by atoms with van der Waals surface area (Å²) in [7, 11) is 0. The number of rotatable bonds is 3. The van der Waals surface area contributed by atoms with Crippen molar-refractivity contribution in [2.24, 2.45) is 5.92 Å². The predicted octanol–water partition coefficient (Wildman–Crippen LogP) is 1.81.